The Morgan fingerprint density at radius 1 is 1.04 bits per heavy atom. The number of anilines is 1. The Kier molecular flexibility index (Phi) is 7.29. The lowest BCUT2D eigenvalue weighted by Gasteiger charge is -2.24. The Labute approximate surface area is 159 Å². The number of amides is 1. The zero-order chi connectivity index (χ0) is 18.4. The van der Waals surface area contributed by atoms with Gasteiger partial charge in [-0.2, -0.15) is 0 Å². The molecule has 0 saturated carbocycles. The van der Waals surface area contributed by atoms with Crippen molar-refractivity contribution < 1.29 is 4.79 Å². The van der Waals surface area contributed by atoms with Crippen molar-refractivity contribution in [1.29, 1.82) is 0 Å². The summed E-state index contributed by atoms with van der Waals surface area (Å²) in [5, 5.41) is 0. The van der Waals surface area contributed by atoms with Gasteiger partial charge in [-0.1, -0.05) is 30.7 Å². The molecule has 1 heterocycles. The van der Waals surface area contributed by atoms with Crippen LogP contribution in [0.2, 0.25) is 4.34 Å². The first-order valence-electron chi connectivity index (χ1n) is 8.35. The van der Waals surface area contributed by atoms with Crippen LogP contribution in [-0.2, 0) is 17.9 Å². The van der Waals surface area contributed by atoms with Crippen LogP contribution in [0.15, 0.2) is 36.4 Å². The van der Waals surface area contributed by atoms with Gasteiger partial charge in [0.05, 0.1) is 10.9 Å². The molecule has 0 aliphatic rings. The van der Waals surface area contributed by atoms with Crippen LogP contribution in [0.25, 0.3) is 0 Å². The highest BCUT2D eigenvalue weighted by Crippen LogP contribution is 2.22. The minimum atomic E-state index is 0.126. The molecular weight excluding hydrogens is 354 g/mol. The van der Waals surface area contributed by atoms with Crippen molar-refractivity contribution in [3.63, 3.8) is 0 Å². The molecule has 0 saturated heterocycles. The fourth-order valence-electron chi connectivity index (χ4n) is 2.51. The number of rotatable bonds is 8. The van der Waals surface area contributed by atoms with Crippen LogP contribution >= 0.6 is 22.9 Å². The summed E-state index contributed by atoms with van der Waals surface area (Å²) in [6.07, 6.45) is 0. The first-order valence-corrected chi connectivity index (χ1v) is 9.55. The number of likely N-dealkylation sites (N-methyl/N-ethyl adjacent to an activating group) is 2. The maximum atomic E-state index is 12.5. The van der Waals surface area contributed by atoms with Gasteiger partial charge in [0.15, 0.2) is 0 Å². The molecule has 0 radical (unpaired) electrons. The standard InChI is InChI=1S/C19H26ClN3OS/c1-5-23(13-17-10-11-18(20)25-17)14-19(24)22(4)12-15-6-8-16(9-7-15)21(2)3/h6-11H,5,12-14H2,1-4H3. The molecule has 1 aromatic carbocycles. The summed E-state index contributed by atoms with van der Waals surface area (Å²) in [5.74, 6) is 0.126. The molecule has 25 heavy (non-hydrogen) atoms. The summed E-state index contributed by atoms with van der Waals surface area (Å²) >= 11 is 7.55. The fraction of sp³-hybridized carbons (Fsp3) is 0.421. The van der Waals surface area contributed by atoms with Gasteiger partial charge in [0.25, 0.3) is 0 Å². The molecule has 0 N–H and O–H groups in total. The van der Waals surface area contributed by atoms with Gasteiger partial charge in [-0.15, -0.1) is 11.3 Å². The molecule has 0 aliphatic heterocycles. The first-order chi connectivity index (χ1) is 11.9. The minimum absolute atomic E-state index is 0.126. The lowest BCUT2D eigenvalue weighted by Crippen LogP contribution is -2.37. The first kappa shape index (κ1) is 19.8. The van der Waals surface area contributed by atoms with Gasteiger partial charge in [0.2, 0.25) is 5.91 Å². The molecule has 1 amide bonds. The summed E-state index contributed by atoms with van der Waals surface area (Å²) in [5.41, 5.74) is 2.29. The number of hydrogen-bond donors (Lipinski definition) is 0. The van der Waals surface area contributed by atoms with Crippen molar-refractivity contribution >= 4 is 34.5 Å². The van der Waals surface area contributed by atoms with E-state index in [1.54, 1.807) is 16.2 Å². The lowest BCUT2D eigenvalue weighted by atomic mass is 10.2. The zero-order valence-electron chi connectivity index (χ0n) is 15.3. The number of carbonyl (C=O) groups is 1. The Morgan fingerprint density at radius 2 is 1.72 bits per heavy atom. The predicted molar refractivity (Wildman–Crippen MR) is 108 cm³/mol. The van der Waals surface area contributed by atoms with E-state index in [1.165, 1.54) is 4.88 Å². The minimum Gasteiger partial charge on any atom is -0.378 e. The second kappa shape index (κ2) is 9.22. The van der Waals surface area contributed by atoms with Crippen LogP contribution in [0.4, 0.5) is 5.69 Å². The third kappa shape index (κ3) is 6.03. The Bertz CT molecular complexity index is 684. The summed E-state index contributed by atoms with van der Waals surface area (Å²) in [6.45, 7) is 4.69. The fourth-order valence-corrected chi connectivity index (χ4v) is 3.64. The normalized spacial score (nSPS) is 11.0. The van der Waals surface area contributed by atoms with E-state index < -0.39 is 0 Å². The Morgan fingerprint density at radius 3 is 2.24 bits per heavy atom. The van der Waals surface area contributed by atoms with Crippen molar-refractivity contribution in [3.8, 4) is 0 Å². The van der Waals surface area contributed by atoms with Gasteiger partial charge >= 0.3 is 0 Å². The van der Waals surface area contributed by atoms with Crippen molar-refractivity contribution in [3.05, 3.63) is 51.2 Å². The molecule has 4 nitrogen and oxygen atoms in total. The van der Waals surface area contributed by atoms with E-state index in [9.17, 15) is 4.79 Å². The molecule has 6 heteroatoms. The SMILES string of the molecule is CCN(CC(=O)N(C)Cc1ccc(N(C)C)cc1)Cc1ccc(Cl)s1. The van der Waals surface area contributed by atoms with E-state index in [4.69, 9.17) is 11.6 Å². The van der Waals surface area contributed by atoms with Crippen LogP contribution in [0, 0.1) is 0 Å². The summed E-state index contributed by atoms with van der Waals surface area (Å²) in [4.78, 5) is 19.7. The van der Waals surface area contributed by atoms with Gasteiger partial charge < -0.3 is 9.80 Å². The topological polar surface area (TPSA) is 26.8 Å². The van der Waals surface area contributed by atoms with Crippen molar-refractivity contribution in [2.45, 2.75) is 20.0 Å². The summed E-state index contributed by atoms with van der Waals surface area (Å²) in [7, 11) is 5.90. The number of halogens is 1. The molecular formula is C19H26ClN3OS. The van der Waals surface area contributed by atoms with Crippen LogP contribution in [-0.4, -0.2) is 49.9 Å². The molecule has 0 fully saturated rings. The molecule has 0 unspecified atom stereocenters. The van der Waals surface area contributed by atoms with Gasteiger partial charge in [0.1, 0.15) is 0 Å². The van der Waals surface area contributed by atoms with E-state index in [1.807, 2.05) is 33.3 Å². The second-order valence-corrected chi connectivity index (χ2v) is 8.12. The molecule has 136 valence electrons. The summed E-state index contributed by atoms with van der Waals surface area (Å²) in [6, 6.07) is 12.2. The molecule has 2 rings (SSSR count). The molecule has 1 aromatic heterocycles. The number of hydrogen-bond acceptors (Lipinski definition) is 4. The van der Waals surface area contributed by atoms with Gasteiger partial charge in [-0.3, -0.25) is 9.69 Å². The highest BCUT2D eigenvalue weighted by molar-refractivity contribution is 7.16. The molecule has 0 spiro atoms. The van der Waals surface area contributed by atoms with E-state index in [0.717, 1.165) is 28.7 Å². The number of carbonyl (C=O) groups excluding carboxylic acids is 1. The highest BCUT2D eigenvalue weighted by atomic mass is 35.5. The molecule has 0 bridgehead atoms. The van der Waals surface area contributed by atoms with Crippen molar-refractivity contribution in [1.82, 2.24) is 9.80 Å². The Balaban J connectivity index is 1.89. The third-order valence-electron chi connectivity index (χ3n) is 4.11. The van der Waals surface area contributed by atoms with Crippen LogP contribution in [0.3, 0.4) is 0 Å². The molecule has 2 aromatic rings. The van der Waals surface area contributed by atoms with Crippen LogP contribution in [0.1, 0.15) is 17.4 Å². The van der Waals surface area contributed by atoms with Gasteiger partial charge in [0, 0.05) is 44.8 Å². The average Bonchev–Trinajstić information content (AvgIpc) is 2.99. The van der Waals surface area contributed by atoms with E-state index in [-0.39, 0.29) is 5.91 Å². The quantitative estimate of drug-likeness (QED) is 0.694. The van der Waals surface area contributed by atoms with E-state index >= 15 is 0 Å². The van der Waals surface area contributed by atoms with E-state index in [2.05, 4.69) is 41.0 Å². The van der Waals surface area contributed by atoms with Gasteiger partial charge in [-0.05, 0) is 36.4 Å². The summed E-state index contributed by atoms with van der Waals surface area (Å²) < 4.78 is 0.788. The average molecular weight is 380 g/mol. The highest BCUT2D eigenvalue weighted by Gasteiger charge is 2.15. The predicted octanol–water partition coefficient (Wildman–Crippen LogP) is 3.95. The number of thiophene rings is 1. The number of benzene rings is 1. The van der Waals surface area contributed by atoms with E-state index in [0.29, 0.717) is 13.1 Å². The maximum absolute atomic E-state index is 12.5. The van der Waals surface area contributed by atoms with Gasteiger partial charge in [-0.25, -0.2) is 0 Å². The maximum Gasteiger partial charge on any atom is 0.236 e. The smallest absolute Gasteiger partial charge is 0.236 e. The lowest BCUT2D eigenvalue weighted by molar-refractivity contribution is -0.131. The Hall–Kier alpha value is -1.56. The second-order valence-electron chi connectivity index (χ2n) is 6.32. The van der Waals surface area contributed by atoms with Crippen molar-refractivity contribution in [2.75, 3.05) is 39.1 Å². The number of nitrogens with zero attached hydrogens (tertiary/aromatic N) is 3. The largest absolute Gasteiger partial charge is 0.378 e. The molecule has 0 aliphatic carbocycles. The molecule has 0 atom stereocenters. The van der Waals surface area contributed by atoms with Crippen LogP contribution < -0.4 is 4.90 Å². The van der Waals surface area contributed by atoms with Crippen molar-refractivity contribution in [2.24, 2.45) is 0 Å². The monoisotopic (exact) mass is 379 g/mol. The zero-order valence-corrected chi connectivity index (χ0v) is 16.9. The van der Waals surface area contributed by atoms with Crippen LogP contribution in [0.5, 0.6) is 0 Å². The third-order valence-corrected chi connectivity index (χ3v) is 5.33.